The highest BCUT2D eigenvalue weighted by Gasteiger charge is 2.10. The predicted octanol–water partition coefficient (Wildman–Crippen LogP) is 3.00. The van der Waals surface area contributed by atoms with Crippen molar-refractivity contribution in [3.05, 3.63) is 27.2 Å². The Bertz CT molecular complexity index is 328. The molecule has 0 aliphatic rings. The smallest absolute Gasteiger partial charge is 0.140 e. The summed E-state index contributed by atoms with van der Waals surface area (Å²) in [5.74, 6) is 0.715. The van der Waals surface area contributed by atoms with E-state index in [9.17, 15) is 0 Å². The largest absolute Gasteiger partial charge is 0.495 e. The molecule has 0 radical (unpaired) electrons. The molecule has 1 rings (SSSR count). The summed E-state index contributed by atoms with van der Waals surface area (Å²) in [7, 11) is 1.61. The van der Waals surface area contributed by atoms with Crippen molar-refractivity contribution in [1.29, 1.82) is 0 Å². The second-order valence-corrected chi connectivity index (χ2v) is 4.58. The Balaban J connectivity index is 3.11. The molecular formula is C10H13BrClNO. The summed E-state index contributed by atoms with van der Waals surface area (Å²) in [4.78, 5) is 0. The lowest BCUT2D eigenvalue weighted by Crippen LogP contribution is -2.18. The number of nitrogens with two attached hydrogens (primary N) is 1. The van der Waals surface area contributed by atoms with Crippen LogP contribution in [0.15, 0.2) is 16.6 Å². The van der Waals surface area contributed by atoms with E-state index in [4.69, 9.17) is 22.1 Å². The third-order valence-corrected chi connectivity index (χ3v) is 2.57. The number of hydrogen-bond acceptors (Lipinski definition) is 2. The molecule has 0 aromatic heterocycles. The average molecular weight is 279 g/mol. The highest BCUT2D eigenvalue weighted by Crippen LogP contribution is 2.32. The van der Waals surface area contributed by atoms with Crippen LogP contribution in [0.1, 0.15) is 12.5 Å². The molecule has 2 nitrogen and oxygen atoms in total. The minimum Gasteiger partial charge on any atom is -0.495 e. The molecular weight excluding hydrogens is 265 g/mol. The van der Waals surface area contributed by atoms with E-state index in [1.54, 1.807) is 7.11 Å². The summed E-state index contributed by atoms with van der Waals surface area (Å²) in [5, 5.41) is 0.609. The van der Waals surface area contributed by atoms with Crippen molar-refractivity contribution >= 4 is 27.5 Å². The van der Waals surface area contributed by atoms with Crippen molar-refractivity contribution in [3.63, 3.8) is 0 Å². The standard InChI is InChI=1S/C10H13BrClNO/c1-6(13)3-7-4-8(11)5-9(12)10(7)14-2/h4-6H,3,13H2,1-2H3. The number of methoxy groups -OCH3 is 1. The number of hydrogen-bond donors (Lipinski definition) is 1. The summed E-state index contributed by atoms with van der Waals surface area (Å²) in [6.45, 7) is 1.95. The highest BCUT2D eigenvalue weighted by molar-refractivity contribution is 9.10. The van der Waals surface area contributed by atoms with Gasteiger partial charge in [0.1, 0.15) is 5.75 Å². The zero-order valence-corrected chi connectivity index (χ0v) is 10.5. The first-order chi connectivity index (χ1) is 6.54. The van der Waals surface area contributed by atoms with Gasteiger partial charge in [0.05, 0.1) is 12.1 Å². The summed E-state index contributed by atoms with van der Waals surface area (Å²) in [6, 6.07) is 3.88. The maximum atomic E-state index is 6.02. The van der Waals surface area contributed by atoms with Gasteiger partial charge in [0, 0.05) is 10.5 Å². The first-order valence-electron chi connectivity index (χ1n) is 4.32. The van der Waals surface area contributed by atoms with Gasteiger partial charge in [0.15, 0.2) is 0 Å². The molecule has 0 spiro atoms. The molecule has 0 fully saturated rings. The quantitative estimate of drug-likeness (QED) is 0.922. The summed E-state index contributed by atoms with van der Waals surface area (Å²) in [6.07, 6.45) is 0.752. The maximum absolute atomic E-state index is 6.02. The third-order valence-electron chi connectivity index (χ3n) is 1.83. The summed E-state index contributed by atoms with van der Waals surface area (Å²) < 4.78 is 6.17. The molecule has 2 N–H and O–H groups in total. The fourth-order valence-corrected chi connectivity index (χ4v) is 2.29. The highest BCUT2D eigenvalue weighted by atomic mass is 79.9. The molecule has 4 heteroatoms. The van der Waals surface area contributed by atoms with Crippen molar-refractivity contribution in [1.82, 2.24) is 0 Å². The SMILES string of the molecule is COc1c(Cl)cc(Br)cc1CC(C)N. The topological polar surface area (TPSA) is 35.2 Å². The van der Waals surface area contributed by atoms with Crippen LogP contribution in [0.4, 0.5) is 0 Å². The number of benzene rings is 1. The van der Waals surface area contributed by atoms with Gasteiger partial charge in [-0.3, -0.25) is 0 Å². The fraction of sp³-hybridized carbons (Fsp3) is 0.400. The molecule has 0 aliphatic heterocycles. The van der Waals surface area contributed by atoms with Gasteiger partial charge in [-0.25, -0.2) is 0 Å². The van der Waals surface area contributed by atoms with Crippen molar-refractivity contribution in [2.75, 3.05) is 7.11 Å². The first kappa shape index (κ1) is 11.8. The van der Waals surface area contributed by atoms with E-state index in [0.29, 0.717) is 10.8 Å². The Morgan fingerprint density at radius 2 is 2.21 bits per heavy atom. The molecule has 0 amide bonds. The van der Waals surface area contributed by atoms with Crippen molar-refractivity contribution in [3.8, 4) is 5.75 Å². The van der Waals surface area contributed by atoms with Gasteiger partial charge >= 0.3 is 0 Å². The van der Waals surface area contributed by atoms with Crippen molar-refractivity contribution in [2.24, 2.45) is 5.73 Å². The summed E-state index contributed by atoms with van der Waals surface area (Å²) >= 11 is 9.41. The fourth-order valence-electron chi connectivity index (χ4n) is 1.34. The molecule has 0 bridgehead atoms. The van der Waals surface area contributed by atoms with Gasteiger partial charge in [-0.05, 0) is 31.0 Å². The third kappa shape index (κ3) is 2.87. The molecule has 14 heavy (non-hydrogen) atoms. The van der Waals surface area contributed by atoms with E-state index in [1.807, 2.05) is 19.1 Å². The van der Waals surface area contributed by atoms with Gasteiger partial charge in [-0.15, -0.1) is 0 Å². The predicted molar refractivity (Wildman–Crippen MR) is 63.1 cm³/mol. The molecule has 0 saturated heterocycles. The van der Waals surface area contributed by atoms with Crippen LogP contribution < -0.4 is 10.5 Å². The van der Waals surface area contributed by atoms with Gasteiger partial charge in [-0.2, -0.15) is 0 Å². The van der Waals surface area contributed by atoms with E-state index in [1.165, 1.54) is 0 Å². The maximum Gasteiger partial charge on any atom is 0.140 e. The number of halogens is 2. The second kappa shape index (κ2) is 5.01. The molecule has 0 heterocycles. The molecule has 1 aromatic carbocycles. The van der Waals surface area contributed by atoms with Crippen molar-refractivity contribution < 1.29 is 4.74 Å². The van der Waals surface area contributed by atoms with E-state index >= 15 is 0 Å². The van der Waals surface area contributed by atoms with Gasteiger partial charge in [0.25, 0.3) is 0 Å². The monoisotopic (exact) mass is 277 g/mol. The average Bonchev–Trinajstić information content (AvgIpc) is 2.01. The van der Waals surface area contributed by atoms with Crippen LogP contribution in [-0.2, 0) is 6.42 Å². The lowest BCUT2D eigenvalue weighted by atomic mass is 10.1. The van der Waals surface area contributed by atoms with Crippen LogP contribution in [0, 0.1) is 0 Å². The Labute approximate surface area is 97.5 Å². The van der Waals surface area contributed by atoms with E-state index < -0.39 is 0 Å². The lowest BCUT2D eigenvalue weighted by Gasteiger charge is -2.12. The zero-order valence-electron chi connectivity index (χ0n) is 8.18. The Hall–Kier alpha value is -0.250. The minimum absolute atomic E-state index is 0.0919. The van der Waals surface area contributed by atoms with Crippen LogP contribution in [0.2, 0.25) is 5.02 Å². The van der Waals surface area contributed by atoms with Crippen LogP contribution in [0.3, 0.4) is 0 Å². The first-order valence-corrected chi connectivity index (χ1v) is 5.49. The van der Waals surface area contributed by atoms with Crippen LogP contribution >= 0.6 is 27.5 Å². The van der Waals surface area contributed by atoms with Gasteiger partial charge in [0.2, 0.25) is 0 Å². The molecule has 1 aromatic rings. The minimum atomic E-state index is 0.0919. The van der Waals surface area contributed by atoms with Gasteiger partial charge in [-0.1, -0.05) is 27.5 Å². The van der Waals surface area contributed by atoms with Crippen LogP contribution in [-0.4, -0.2) is 13.2 Å². The normalized spacial score (nSPS) is 12.6. The number of ether oxygens (including phenoxy) is 1. The molecule has 1 atom stereocenters. The lowest BCUT2D eigenvalue weighted by molar-refractivity contribution is 0.408. The summed E-state index contributed by atoms with van der Waals surface area (Å²) in [5.41, 5.74) is 6.76. The van der Waals surface area contributed by atoms with Gasteiger partial charge < -0.3 is 10.5 Å². The Morgan fingerprint density at radius 3 is 2.71 bits per heavy atom. The van der Waals surface area contributed by atoms with Crippen molar-refractivity contribution in [2.45, 2.75) is 19.4 Å². The van der Waals surface area contributed by atoms with E-state index in [2.05, 4.69) is 15.9 Å². The Morgan fingerprint density at radius 1 is 1.57 bits per heavy atom. The van der Waals surface area contributed by atoms with E-state index in [0.717, 1.165) is 16.5 Å². The number of rotatable bonds is 3. The van der Waals surface area contributed by atoms with Crippen LogP contribution in [0.5, 0.6) is 5.75 Å². The second-order valence-electron chi connectivity index (χ2n) is 3.26. The Kier molecular flexibility index (Phi) is 4.23. The molecule has 0 saturated carbocycles. The molecule has 0 aliphatic carbocycles. The van der Waals surface area contributed by atoms with E-state index in [-0.39, 0.29) is 6.04 Å². The zero-order chi connectivity index (χ0) is 10.7. The molecule has 1 unspecified atom stereocenters. The molecule has 78 valence electrons. The van der Waals surface area contributed by atoms with Crippen LogP contribution in [0.25, 0.3) is 0 Å².